The number of hydrogen-bond donors (Lipinski definition) is 1. The Balaban J connectivity index is 2.28. The molecule has 1 aliphatic rings. The van der Waals surface area contributed by atoms with Crippen molar-refractivity contribution in [3.63, 3.8) is 0 Å². The Morgan fingerprint density at radius 2 is 2.29 bits per heavy atom. The molecule has 17 heavy (non-hydrogen) atoms. The van der Waals surface area contributed by atoms with Crippen LogP contribution in [0.5, 0.6) is 0 Å². The highest BCUT2D eigenvalue weighted by atomic mass is 15.2. The van der Waals surface area contributed by atoms with Gasteiger partial charge in [0, 0.05) is 6.20 Å². The van der Waals surface area contributed by atoms with Crippen LogP contribution in [0, 0.1) is 5.92 Å². The van der Waals surface area contributed by atoms with Gasteiger partial charge in [-0.2, -0.15) is 0 Å². The molecule has 1 aromatic rings. The first-order chi connectivity index (χ1) is 8.36. The van der Waals surface area contributed by atoms with E-state index in [4.69, 9.17) is 5.73 Å². The SMILES string of the molecule is CCN1CCCCC(CN)C1c1ccccn1. The van der Waals surface area contributed by atoms with Gasteiger partial charge < -0.3 is 5.73 Å². The Hall–Kier alpha value is -0.930. The number of hydrogen-bond acceptors (Lipinski definition) is 3. The van der Waals surface area contributed by atoms with Crippen molar-refractivity contribution in [3.8, 4) is 0 Å². The Bertz CT molecular complexity index is 311. The topological polar surface area (TPSA) is 42.1 Å². The summed E-state index contributed by atoms with van der Waals surface area (Å²) in [6, 6.07) is 6.61. The van der Waals surface area contributed by atoms with E-state index in [9.17, 15) is 0 Å². The number of rotatable bonds is 3. The highest BCUT2D eigenvalue weighted by Gasteiger charge is 2.29. The molecule has 0 aliphatic carbocycles. The van der Waals surface area contributed by atoms with Gasteiger partial charge in [-0.25, -0.2) is 0 Å². The lowest BCUT2D eigenvalue weighted by Crippen LogP contribution is -2.36. The molecule has 0 bridgehead atoms. The van der Waals surface area contributed by atoms with Gasteiger partial charge in [0.25, 0.3) is 0 Å². The second-order valence-corrected chi connectivity index (χ2v) is 4.82. The second-order valence-electron chi connectivity index (χ2n) is 4.82. The van der Waals surface area contributed by atoms with Crippen LogP contribution in [-0.2, 0) is 0 Å². The number of likely N-dealkylation sites (tertiary alicyclic amines) is 1. The zero-order valence-electron chi connectivity index (χ0n) is 10.7. The minimum absolute atomic E-state index is 0.411. The van der Waals surface area contributed by atoms with Crippen molar-refractivity contribution in [1.29, 1.82) is 0 Å². The van der Waals surface area contributed by atoms with Crippen LogP contribution in [-0.4, -0.2) is 29.5 Å². The summed E-state index contributed by atoms with van der Waals surface area (Å²) in [6.45, 7) is 5.25. The standard InChI is InChI=1S/C14H23N3/c1-2-17-10-6-4-7-12(11-15)14(17)13-8-3-5-9-16-13/h3,5,8-9,12,14H,2,4,6-7,10-11,15H2,1H3. The van der Waals surface area contributed by atoms with Crippen LogP contribution in [0.3, 0.4) is 0 Å². The zero-order valence-corrected chi connectivity index (χ0v) is 10.7. The summed E-state index contributed by atoms with van der Waals surface area (Å²) < 4.78 is 0. The molecule has 94 valence electrons. The van der Waals surface area contributed by atoms with Gasteiger partial charge in [-0.15, -0.1) is 0 Å². The van der Waals surface area contributed by atoms with Gasteiger partial charge in [-0.05, 0) is 50.5 Å². The average Bonchev–Trinajstić information content (AvgIpc) is 2.61. The highest BCUT2D eigenvalue weighted by Crippen LogP contribution is 2.33. The van der Waals surface area contributed by atoms with Gasteiger partial charge >= 0.3 is 0 Å². The quantitative estimate of drug-likeness (QED) is 0.870. The molecule has 0 spiro atoms. The minimum Gasteiger partial charge on any atom is -0.330 e. The van der Waals surface area contributed by atoms with Crippen molar-refractivity contribution in [2.45, 2.75) is 32.2 Å². The number of nitrogens with two attached hydrogens (primary N) is 1. The molecule has 1 aliphatic heterocycles. The molecule has 1 aromatic heterocycles. The second kappa shape index (κ2) is 6.12. The molecule has 3 nitrogen and oxygen atoms in total. The summed E-state index contributed by atoms with van der Waals surface area (Å²) in [6.07, 6.45) is 5.70. The predicted molar refractivity (Wildman–Crippen MR) is 70.6 cm³/mol. The van der Waals surface area contributed by atoms with Crippen molar-refractivity contribution in [1.82, 2.24) is 9.88 Å². The molecule has 0 amide bonds. The molecule has 2 heterocycles. The molecular formula is C14H23N3. The normalized spacial score (nSPS) is 26.7. The number of pyridine rings is 1. The van der Waals surface area contributed by atoms with Gasteiger partial charge in [0.1, 0.15) is 0 Å². The number of nitrogens with zero attached hydrogens (tertiary/aromatic N) is 2. The Morgan fingerprint density at radius 1 is 1.41 bits per heavy atom. The zero-order chi connectivity index (χ0) is 12.1. The van der Waals surface area contributed by atoms with E-state index >= 15 is 0 Å². The molecule has 2 unspecified atom stereocenters. The Morgan fingerprint density at radius 3 is 2.94 bits per heavy atom. The van der Waals surface area contributed by atoms with Crippen molar-refractivity contribution in [3.05, 3.63) is 30.1 Å². The van der Waals surface area contributed by atoms with Crippen LogP contribution in [0.25, 0.3) is 0 Å². The Kier molecular flexibility index (Phi) is 4.51. The summed E-state index contributed by atoms with van der Waals surface area (Å²) in [5.74, 6) is 0.548. The lowest BCUT2D eigenvalue weighted by atomic mass is 9.92. The molecular weight excluding hydrogens is 210 g/mol. The lowest BCUT2D eigenvalue weighted by Gasteiger charge is -2.33. The largest absolute Gasteiger partial charge is 0.330 e. The fraction of sp³-hybridized carbons (Fsp3) is 0.643. The van der Waals surface area contributed by atoms with E-state index in [0.29, 0.717) is 12.0 Å². The first kappa shape index (κ1) is 12.5. The van der Waals surface area contributed by atoms with Crippen LogP contribution >= 0.6 is 0 Å². The van der Waals surface area contributed by atoms with Crippen molar-refractivity contribution >= 4 is 0 Å². The average molecular weight is 233 g/mol. The summed E-state index contributed by atoms with van der Waals surface area (Å²) >= 11 is 0. The summed E-state index contributed by atoms with van der Waals surface area (Å²) in [4.78, 5) is 7.08. The van der Waals surface area contributed by atoms with Gasteiger partial charge in [-0.3, -0.25) is 9.88 Å². The summed E-state index contributed by atoms with van der Waals surface area (Å²) in [7, 11) is 0. The third kappa shape index (κ3) is 2.85. The summed E-state index contributed by atoms with van der Waals surface area (Å²) in [5.41, 5.74) is 7.15. The van der Waals surface area contributed by atoms with Crippen molar-refractivity contribution in [2.75, 3.05) is 19.6 Å². The molecule has 0 radical (unpaired) electrons. The van der Waals surface area contributed by atoms with E-state index in [0.717, 1.165) is 13.1 Å². The minimum atomic E-state index is 0.411. The van der Waals surface area contributed by atoms with E-state index in [2.05, 4.69) is 28.9 Å². The lowest BCUT2D eigenvalue weighted by molar-refractivity contribution is 0.162. The van der Waals surface area contributed by atoms with Crippen LogP contribution in [0.2, 0.25) is 0 Å². The van der Waals surface area contributed by atoms with E-state index in [-0.39, 0.29) is 0 Å². The van der Waals surface area contributed by atoms with Crippen molar-refractivity contribution in [2.24, 2.45) is 11.7 Å². The maximum atomic E-state index is 5.96. The fourth-order valence-electron chi connectivity index (χ4n) is 2.90. The van der Waals surface area contributed by atoms with Crippen LogP contribution < -0.4 is 5.73 Å². The van der Waals surface area contributed by atoms with E-state index in [1.807, 2.05) is 12.3 Å². The third-order valence-corrected chi connectivity index (χ3v) is 3.81. The molecule has 2 atom stereocenters. The van der Waals surface area contributed by atoms with Crippen LogP contribution in [0.15, 0.2) is 24.4 Å². The monoisotopic (exact) mass is 233 g/mol. The molecule has 1 saturated heterocycles. The molecule has 0 saturated carbocycles. The van der Waals surface area contributed by atoms with Gasteiger partial charge in [0.2, 0.25) is 0 Å². The van der Waals surface area contributed by atoms with E-state index in [1.165, 1.54) is 31.5 Å². The maximum absolute atomic E-state index is 5.96. The van der Waals surface area contributed by atoms with Crippen molar-refractivity contribution < 1.29 is 0 Å². The van der Waals surface area contributed by atoms with E-state index in [1.54, 1.807) is 0 Å². The fourth-order valence-corrected chi connectivity index (χ4v) is 2.90. The van der Waals surface area contributed by atoms with Crippen LogP contribution in [0.1, 0.15) is 37.9 Å². The predicted octanol–water partition coefficient (Wildman–Crippen LogP) is 2.20. The number of aromatic nitrogens is 1. The highest BCUT2D eigenvalue weighted by molar-refractivity contribution is 5.11. The first-order valence-corrected chi connectivity index (χ1v) is 6.71. The van der Waals surface area contributed by atoms with Gasteiger partial charge in [0.15, 0.2) is 0 Å². The molecule has 2 N–H and O–H groups in total. The first-order valence-electron chi connectivity index (χ1n) is 6.71. The Labute approximate surface area is 104 Å². The summed E-state index contributed by atoms with van der Waals surface area (Å²) in [5, 5.41) is 0. The van der Waals surface area contributed by atoms with E-state index < -0.39 is 0 Å². The molecule has 0 aromatic carbocycles. The molecule has 3 heteroatoms. The third-order valence-electron chi connectivity index (χ3n) is 3.81. The smallest absolute Gasteiger partial charge is 0.0578 e. The molecule has 1 fully saturated rings. The van der Waals surface area contributed by atoms with Gasteiger partial charge in [0.05, 0.1) is 11.7 Å². The molecule has 2 rings (SSSR count). The maximum Gasteiger partial charge on any atom is 0.0578 e. The van der Waals surface area contributed by atoms with Gasteiger partial charge in [-0.1, -0.05) is 19.4 Å². The van der Waals surface area contributed by atoms with Crippen LogP contribution in [0.4, 0.5) is 0 Å².